The lowest BCUT2D eigenvalue weighted by atomic mass is 10.2. The largest absolute Gasteiger partial charge is 0.325 e. The molecule has 0 saturated carbocycles. The van der Waals surface area contributed by atoms with Gasteiger partial charge in [-0.15, -0.1) is 0 Å². The van der Waals surface area contributed by atoms with Gasteiger partial charge in [-0.05, 0) is 47.7 Å². The molecule has 1 aliphatic rings. The number of anilines is 1. The summed E-state index contributed by atoms with van der Waals surface area (Å²) in [6.45, 7) is -0.334. The third kappa shape index (κ3) is 4.29. The van der Waals surface area contributed by atoms with Crippen molar-refractivity contribution in [3.8, 4) is 0 Å². The maximum atomic E-state index is 12.4. The Morgan fingerprint density at radius 2 is 1.76 bits per heavy atom. The number of thioether (sulfide) groups is 1. The SMILES string of the molecule is O=C(CN1C(=O)S/C(=C\c2ccccc2)C1=O)Nc1ccc(Cl)cc1. The second-order valence-electron chi connectivity index (χ2n) is 5.23. The molecule has 5 nitrogen and oxygen atoms in total. The molecule has 3 rings (SSSR count). The van der Waals surface area contributed by atoms with Crippen LogP contribution in [0.4, 0.5) is 10.5 Å². The first kappa shape index (κ1) is 17.3. The number of nitrogens with one attached hydrogen (secondary N) is 1. The fraction of sp³-hybridized carbons (Fsp3) is 0.0556. The van der Waals surface area contributed by atoms with E-state index in [1.807, 2.05) is 30.3 Å². The van der Waals surface area contributed by atoms with Gasteiger partial charge in [0.15, 0.2) is 0 Å². The van der Waals surface area contributed by atoms with Gasteiger partial charge in [0.1, 0.15) is 6.54 Å². The third-order valence-corrected chi connectivity index (χ3v) is 4.56. The molecule has 0 aromatic heterocycles. The van der Waals surface area contributed by atoms with Crippen LogP contribution in [0.3, 0.4) is 0 Å². The van der Waals surface area contributed by atoms with Crippen molar-refractivity contribution in [3.63, 3.8) is 0 Å². The Morgan fingerprint density at radius 1 is 1.08 bits per heavy atom. The Morgan fingerprint density at radius 3 is 2.44 bits per heavy atom. The van der Waals surface area contributed by atoms with Crippen LogP contribution in [0.1, 0.15) is 5.56 Å². The number of hydrogen-bond donors (Lipinski definition) is 1. The molecule has 2 aromatic rings. The molecule has 1 fully saturated rings. The van der Waals surface area contributed by atoms with Crippen molar-refractivity contribution in [1.82, 2.24) is 4.90 Å². The molecule has 3 amide bonds. The third-order valence-electron chi connectivity index (χ3n) is 3.40. The summed E-state index contributed by atoms with van der Waals surface area (Å²) in [5.41, 5.74) is 1.36. The summed E-state index contributed by atoms with van der Waals surface area (Å²) < 4.78 is 0. The predicted octanol–water partition coefficient (Wildman–Crippen LogP) is 4.02. The Labute approximate surface area is 153 Å². The second kappa shape index (κ2) is 7.55. The van der Waals surface area contributed by atoms with Gasteiger partial charge in [0.25, 0.3) is 11.1 Å². The molecule has 1 N–H and O–H groups in total. The monoisotopic (exact) mass is 372 g/mol. The van der Waals surface area contributed by atoms with Gasteiger partial charge in [-0.2, -0.15) is 0 Å². The number of carbonyl (C=O) groups excluding carboxylic acids is 3. The predicted molar refractivity (Wildman–Crippen MR) is 99.2 cm³/mol. The zero-order valence-electron chi connectivity index (χ0n) is 12.9. The van der Waals surface area contributed by atoms with Crippen molar-refractivity contribution in [2.75, 3.05) is 11.9 Å². The van der Waals surface area contributed by atoms with Gasteiger partial charge in [-0.3, -0.25) is 19.3 Å². The highest BCUT2D eigenvalue weighted by atomic mass is 35.5. The molecule has 0 unspecified atom stereocenters. The molecule has 1 saturated heterocycles. The maximum absolute atomic E-state index is 12.4. The summed E-state index contributed by atoms with van der Waals surface area (Å²) in [4.78, 5) is 37.7. The van der Waals surface area contributed by atoms with E-state index < -0.39 is 17.1 Å². The molecule has 0 bridgehead atoms. The van der Waals surface area contributed by atoms with Crippen molar-refractivity contribution < 1.29 is 14.4 Å². The van der Waals surface area contributed by atoms with Gasteiger partial charge in [-0.25, -0.2) is 0 Å². The topological polar surface area (TPSA) is 66.5 Å². The normalized spacial score (nSPS) is 15.7. The number of halogens is 1. The fourth-order valence-electron chi connectivity index (χ4n) is 2.21. The van der Waals surface area contributed by atoms with E-state index in [9.17, 15) is 14.4 Å². The van der Waals surface area contributed by atoms with E-state index in [0.29, 0.717) is 15.6 Å². The van der Waals surface area contributed by atoms with Crippen molar-refractivity contribution >= 4 is 52.2 Å². The molecule has 0 aliphatic carbocycles. The molecular weight excluding hydrogens is 360 g/mol. The van der Waals surface area contributed by atoms with Gasteiger partial charge in [0.2, 0.25) is 5.91 Å². The number of nitrogens with zero attached hydrogens (tertiary/aromatic N) is 1. The lowest BCUT2D eigenvalue weighted by Gasteiger charge is -2.12. The summed E-state index contributed by atoms with van der Waals surface area (Å²) in [6.07, 6.45) is 1.64. The average molecular weight is 373 g/mol. The quantitative estimate of drug-likeness (QED) is 0.823. The summed E-state index contributed by atoms with van der Waals surface area (Å²) in [5.74, 6) is -0.921. The van der Waals surface area contributed by atoms with Crippen molar-refractivity contribution in [3.05, 3.63) is 70.1 Å². The maximum Gasteiger partial charge on any atom is 0.294 e. The summed E-state index contributed by atoms with van der Waals surface area (Å²) in [6, 6.07) is 15.8. The van der Waals surface area contributed by atoms with E-state index in [1.54, 1.807) is 30.3 Å². The van der Waals surface area contributed by atoms with Gasteiger partial charge in [-0.1, -0.05) is 41.9 Å². The second-order valence-corrected chi connectivity index (χ2v) is 6.66. The minimum Gasteiger partial charge on any atom is -0.325 e. The van der Waals surface area contributed by atoms with Gasteiger partial charge < -0.3 is 5.32 Å². The highest BCUT2D eigenvalue weighted by Gasteiger charge is 2.36. The van der Waals surface area contributed by atoms with Gasteiger partial charge >= 0.3 is 0 Å². The standard InChI is InChI=1S/C18H13ClN2O3S/c19-13-6-8-14(9-7-13)20-16(22)11-21-17(23)15(25-18(21)24)10-12-4-2-1-3-5-12/h1-10H,11H2,(H,20,22)/b15-10-. The average Bonchev–Trinajstić information content (AvgIpc) is 2.85. The van der Waals surface area contributed by atoms with E-state index in [2.05, 4.69) is 5.32 Å². The zero-order chi connectivity index (χ0) is 17.8. The number of carbonyl (C=O) groups is 3. The fourth-order valence-corrected chi connectivity index (χ4v) is 3.18. The Kier molecular flexibility index (Phi) is 5.21. The lowest BCUT2D eigenvalue weighted by Crippen LogP contribution is -2.36. The number of amides is 3. The summed E-state index contributed by atoms with van der Waals surface area (Å²) >= 11 is 6.62. The smallest absolute Gasteiger partial charge is 0.294 e. The molecule has 126 valence electrons. The number of hydrogen-bond acceptors (Lipinski definition) is 4. The zero-order valence-corrected chi connectivity index (χ0v) is 14.5. The van der Waals surface area contributed by atoms with Crippen LogP contribution in [0.15, 0.2) is 59.5 Å². The van der Waals surface area contributed by atoms with Crippen LogP contribution in [0.2, 0.25) is 5.02 Å². The van der Waals surface area contributed by atoms with Crippen LogP contribution in [-0.4, -0.2) is 28.5 Å². The van der Waals surface area contributed by atoms with Gasteiger partial charge in [0, 0.05) is 10.7 Å². The van der Waals surface area contributed by atoms with E-state index in [-0.39, 0.29) is 6.54 Å². The summed E-state index contributed by atoms with van der Waals surface area (Å²) in [7, 11) is 0. The first-order valence-corrected chi connectivity index (χ1v) is 8.58. The molecule has 25 heavy (non-hydrogen) atoms. The molecule has 1 heterocycles. The van der Waals surface area contributed by atoms with Crippen LogP contribution in [0, 0.1) is 0 Å². The van der Waals surface area contributed by atoms with Crippen LogP contribution in [0.25, 0.3) is 6.08 Å². The van der Waals surface area contributed by atoms with Crippen LogP contribution in [-0.2, 0) is 9.59 Å². The Bertz CT molecular complexity index is 850. The molecule has 1 aliphatic heterocycles. The molecule has 7 heteroatoms. The Balaban J connectivity index is 1.67. The lowest BCUT2D eigenvalue weighted by molar-refractivity contribution is -0.127. The first-order chi connectivity index (χ1) is 12.0. The van der Waals surface area contributed by atoms with E-state index >= 15 is 0 Å². The van der Waals surface area contributed by atoms with Crippen molar-refractivity contribution in [2.24, 2.45) is 0 Å². The minimum absolute atomic E-state index is 0.301. The van der Waals surface area contributed by atoms with E-state index in [1.165, 1.54) is 0 Å². The Hall–Kier alpha value is -2.57. The highest BCUT2D eigenvalue weighted by molar-refractivity contribution is 8.18. The minimum atomic E-state index is -0.467. The van der Waals surface area contributed by atoms with E-state index in [0.717, 1.165) is 22.2 Å². The molecule has 2 aromatic carbocycles. The number of imide groups is 1. The van der Waals surface area contributed by atoms with Crippen molar-refractivity contribution in [1.29, 1.82) is 0 Å². The van der Waals surface area contributed by atoms with E-state index in [4.69, 9.17) is 11.6 Å². The molecular formula is C18H13ClN2O3S. The molecule has 0 atom stereocenters. The molecule has 0 spiro atoms. The number of benzene rings is 2. The van der Waals surface area contributed by atoms with Crippen LogP contribution < -0.4 is 5.32 Å². The highest BCUT2D eigenvalue weighted by Crippen LogP contribution is 2.32. The first-order valence-electron chi connectivity index (χ1n) is 7.39. The molecule has 0 radical (unpaired) electrons. The van der Waals surface area contributed by atoms with Gasteiger partial charge in [0.05, 0.1) is 4.91 Å². The summed E-state index contributed by atoms with van der Waals surface area (Å²) in [5, 5.41) is 2.72. The van der Waals surface area contributed by atoms with Crippen LogP contribution in [0.5, 0.6) is 0 Å². The van der Waals surface area contributed by atoms with Crippen LogP contribution >= 0.6 is 23.4 Å². The number of rotatable bonds is 4. The van der Waals surface area contributed by atoms with Crippen molar-refractivity contribution in [2.45, 2.75) is 0 Å².